The van der Waals surface area contributed by atoms with Crippen LogP contribution in [0.25, 0.3) is 10.2 Å². The average molecular weight is 304 g/mol. The van der Waals surface area contributed by atoms with Crippen LogP contribution in [0.5, 0.6) is 0 Å². The van der Waals surface area contributed by atoms with E-state index < -0.39 is 0 Å². The number of nitrogens with one attached hydrogen (secondary N) is 2. The first kappa shape index (κ1) is 14.6. The maximum Gasteiger partial charge on any atom is 0.226 e. The fraction of sp³-hybridized carbons (Fsp3) is 0.625. The number of hydrogen-bond donors (Lipinski definition) is 2. The second-order valence-corrected chi connectivity index (χ2v) is 6.86. The minimum absolute atomic E-state index is 0.600. The summed E-state index contributed by atoms with van der Waals surface area (Å²) in [5.74, 6) is 2.58. The molecule has 1 saturated carbocycles. The third-order valence-corrected chi connectivity index (χ3v) is 5.20. The number of hydrogen-bond acceptors (Lipinski definition) is 5. The van der Waals surface area contributed by atoms with Crippen molar-refractivity contribution in [2.24, 2.45) is 5.92 Å². The first-order chi connectivity index (χ1) is 10.2. The summed E-state index contributed by atoms with van der Waals surface area (Å²) in [6.07, 6.45) is 4.92. The molecule has 2 aromatic heterocycles. The second kappa shape index (κ2) is 6.18. The standard InChI is InChI=1S/C16H24N4S/c1-4-7-10-8-13(10)18-14-12-9-11(5-2)21-15(12)20-16(19-14)17-6-3/h9-10,13H,4-8H2,1-3H3,(H2,17,18,19,20). The summed E-state index contributed by atoms with van der Waals surface area (Å²) < 4.78 is 0. The molecule has 0 radical (unpaired) electrons. The molecular formula is C16H24N4S. The van der Waals surface area contributed by atoms with Crippen molar-refractivity contribution in [3.8, 4) is 0 Å². The highest BCUT2D eigenvalue weighted by atomic mass is 32.1. The molecule has 21 heavy (non-hydrogen) atoms. The molecule has 1 aliphatic carbocycles. The van der Waals surface area contributed by atoms with Crippen LogP contribution < -0.4 is 10.6 Å². The molecule has 114 valence electrons. The topological polar surface area (TPSA) is 49.8 Å². The van der Waals surface area contributed by atoms with Crippen molar-refractivity contribution in [3.63, 3.8) is 0 Å². The van der Waals surface area contributed by atoms with Gasteiger partial charge in [-0.15, -0.1) is 11.3 Å². The number of rotatable bonds is 7. The molecule has 1 fully saturated rings. The summed E-state index contributed by atoms with van der Waals surface area (Å²) in [4.78, 5) is 11.8. The molecule has 0 saturated heterocycles. The molecule has 2 unspecified atom stereocenters. The van der Waals surface area contributed by atoms with E-state index in [9.17, 15) is 0 Å². The molecular weight excluding hydrogens is 280 g/mol. The van der Waals surface area contributed by atoms with E-state index in [2.05, 4.69) is 47.4 Å². The normalized spacial score (nSPS) is 20.7. The van der Waals surface area contributed by atoms with Gasteiger partial charge in [-0.1, -0.05) is 20.3 Å². The predicted molar refractivity (Wildman–Crippen MR) is 91.4 cm³/mol. The highest BCUT2D eigenvalue weighted by Crippen LogP contribution is 2.39. The number of nitrogens with zero attached hydrogens (tertiary/aromatic N) is 2. The quantitative estimate of drug-likeness (QED) is 0.801. The molecule has 4 nitrogen and oxygen atoms in total. The lowest BCUT2D eigenvalue weighted by atomic mass is 10.2. The second-order valence-electron chi connectivity index (χ2n) is 5.75. The molecule has 3 rings (SSSR count). The summed E-state index contributed by atoms with van der Waals surface area (Å²) in [5, 5.41) is 8.07. The van der Waals surface area contributed by atoms with Crippen LogP contribution >= 0.6 is 11.3 Å². The van der Waals surface area contributed by atoms with E-state index >= 15 is 0 Å². The monoisotopic (exact) mass is 304 g/mol. The average Bonchev–Trinajstić information content (AvgIpc) is 3.05. The summed E-state index contributed by atoms with van der Waals surface area (Å²) in [6.45, 7) is 7.37. The van der Waals surface area contributed by atoms with Crippen LogP contribution in [0.1, 0.15) is 44.9 Å². The van der Waals surface area contributed by atoms with Gasteiger partial charge in [0, 0.05) is 17.5 Å². The predicted octanol–water partition coefficient (Wildman–Crippen LogP) is 4.29. The Kier molecular flexibility index (Phi) is 4.29. The number of anilines is 2. The fourth-order valence-corrected chi connectivity index (χ4v) is 3.75. The van der Waals surface area contributed by atoms with Gasteiger partial charge in [0.15, 0.2) is 0 Å². The Bertz CT molecular complexity index is 622. The van der Waals surface area contributed by atoms with Crippen LogP contribution in [0.3, 0.4) is 0 Å². The smallest absolute Gasteiger partial charge is 0.226 e. The molecule has 0 bridgehead atoms. The Morgan fingerprint density at radius 2 is 2.14 bits per heavy atom. The van der Waals surface area contributed by atoms with Gasteiger partial charge in [0.05, 0.1) is 5.39 Å². The van der Waals surface area contributed by atoms with Gasteiger partial charge in [-0.25, -0.2) is 4.98 Å². The number of fused-ring (bicyclic) bond motifs is 1. The van der Waals surface area contributed by atoms with E-state index in [0.717, 1.165) is 35.5 Å². The third-order valence-electron chi connectivity index (χ3n) is 4.03. The van der Waals surface area contributed by atoms with Crippen molar-refractivity contribution in [2.45, 2.75) is 52.5 Å². The minimum atomic E-state index is 0.600. The molecule has 2 aromatic rings. The molecule has 0 aromatic carbocycles. The zero-order chi connectivity index (χ0) is 14.8. The van der Waals surface area contributed by atoms with Crippen LogP contribution in [0.2, 0.25) is 0 Å². The minimum Gasteiger partial charge on any atom is -0.366 e. The Morgan fingerprint density at radius 3 is 2.86 bits per heavy atom. The highest BCUT2D eigenvalue weighted by Gasteiger charge is 2.36. The van der Waals surface area contributed by atoms with E-state index in [-0.39, 0.29) is 0 Å². The van der Waals surface area contributed by atoms with E-state index in [1.807, 2.05) is 0 Å². The summed E-state index contributed by atoms with van der Waals surface area (Å²) in [7, 11) is 0. The molecule has 0 aliphatic heterocycles. The Hall–Kier alpha value is -1.36. The maximum absolute atomic E-state index is 4.69. The molecule has 1 aliphatic rings. The van der Waals surface area contributed by atoms with Crippen molar-refractivity contribution in [1.82, 2.24) is 9.97 Å². The molecule has 2 heterocycles. The van der Waals surface area contributed by atoms with Gasteiger partial charge in [0.25, 0.3) is 0 Å². The number of aryl methyl sites for hydroxylation is 1. The van der Waals surface area contributed by atoms with Crippen LogP contribution in [0, 0.1) is 5.92 Å². The van der Waals surface area contributed by atoms with Crippen LogP contribution in [0.4, 0.5) is 11.8 Å². The SMILES string of the molecule is CCCC1CC1Nc1nc(NCC)nc2sc(CC)cc12. The summed E-state index contributed by atoms with van der Waals surface area (Å²) >= 11 is 1.78. The lowest BCUT2D eigenvalue weighted by Gasteiger charge is -2.09. The summed E-state index contributed by atoms with van der Waals surface area (Å²) in [5.41, 5.74) is 0. The van der Waals surface area contributed by atoms with Crippen molar-refractivity contribution in [2.75, 3.05) is 17.2 Å². The first-order valence-corrected chi connectivity index (χ1v) is 8.87. The first-order valence-electron chi connectivity index (χ1n) is 8.06. The maximum atomic E-state index is 4.69. The van der Waals surface area contributed by atoms with E-state index in [0.29, 0.717) is 6.04 Å². The van der Waals surface area contributed by atoms with Gasteiger partial charge in [0.1, 0.15) is 10.6 Å². The molecule has 2 atom stereocenters. The van der Waals surface area contributed by atoms with Crippen LogP contribution in [-0.4, -0.2) is 22.6 Å². The van der Waals surface area contributed by atoms with Crippen LogP contribution in [0.15, 0.2) is 6.07 Å². The number of aromatic nitrogens is 2. The lowest BCUT2D eigenvalue weighted by molar-refractivity contribution is 0.692. The lowest BCUT2D eigenvalue weighted by Crippen LogP contribution is -2.09. The van der Waals surface area contributed by atoms with E-state index in [4.69, 9.17) is 0 Å². The van der Waals surface area contributed by atoms with Gasteiger partial charge in [-0.2, -0.15) is 4.98 Å². The Morgan fingerprint density at radius 1 is 1.29 bits per heavy atom. The van der Waals surface area contributed by atoms with Gasteiger partial charge in [-0.05, 0) is 38.2 Å². The van der Waals surface area contributed by atoms with Gasteiger partial charge < -0.3 is 10.6 Å². The van der Waals surface area contributed by atoms with Gasteiger partial charge >= 0.3 is 0 Å². The fourth-order valence-electron chi connectivity index (χ4n) is 2.78. The zero-order valence-electron chi connectivity index (χ0n) is 13.1. The highest BCUT2D eigenvalue weighted by molar-refractivity contribution is 7.18. The third kappa shape index (κ3) is 3.12. The molecule has 2 N–H and O–H groups in total. The van der Waals surface area contributed by atoms with Gasteiger partial charge in [-0.3, -0.25) is 0 Å². The molecule has 0 spiro atoms. The van der Waals surface area contributed by atoms with Crippen molar-refractivity contribution in [1.29, 1.82) is 0 Å². The Labute approximate surface area is 130 Å². The van der Waals surface area contributed by atoms with E-state index in [1.54, 1.807) is 11.3 Å². The van der Waals surface area contributed by atoms with Crippen molar-refractivity contribution < 1.29 is 0 Å². The summed E-state index contributed by atoms with van der Waals surface area (Å²) in [6, 6.07) is 2.84. The molecule has 0 amide bonds. The molecule has 5 heteroatoms. The largest absolute Gasteiger partial charge is 0.366 e. The van der Waals surface area contributed by atoms with Crippen LogP contribution in [-0.2, 0) is 6.42 Å². The Balaban J connectivity index is 1.89. The van der Waals surface area contributed by atoms with Crippen molar-refractivity contribution >= 4 is 33.3 Å². The van der Waals surface area contributed by atoms with Gasteiger partial charge in [0.2, 0.25) is 5.95 Å². The van der Waals surface area contributed by atoms with Crippen molar-refractivity contribution in [3.05, 3.63) is 10.9 Å². The number of thiophene rings is 1. The van der Waals surface area contributed by atoms with E-state index in [1.165, 1.54) is 29.5 Å². The zero-order valence-corrected chi connectivity index (χ0v) is 13.9.